The van der Waals surface area contributed by atoms with Crippen LogP contribution in [0.15, 0.2) is 42.6 Å². The van der Waals surface area contributed by atoms with Crippen molar-refractivity contribution in [2.45, 2.75) is 0 Å². The lowest BCUT2D eigenvalue weighted by atomic mass is 10.1. The van der Waals surface area contributed by atoms with Crippen LogP contribution in [0.5, 0.6) is 5.75 Å². The third-order valence-electron chi connectivity index (χ3n) is 2.32. The van der Waals surface area contributed by atoms with E-state index < -0.39 is 4.92 Å². The zero-order valence-electron chi connectivity index (χ0n) is 9.16. The van der Waals surface area contributed by atoms with Crippen molar-refractivity contribution in [3.05, 3.63) is 52.7 Å². The summed E-state index contributed by atoms with van der Waals surface area (Å²) in [6, 6.07) is 10.4. The fourth-order valence-corrected chi connectivity index (χ4v) is 1.45. The van der Waals surface area contributed by atoms with Crippen molar-refractivity contribution in [3.63, 3.8) is 0 Å². The van der Waals surface area contributed by atoms with Crippen LogP contribution in [0.1, 0.15) is 0 Å². The van der Waals surface area contributed by atoms with Crippen molar-refractivity contribution in [3.8, 4) is 17.0 Å². The molecule has 5 heteroatoms. The van der Waals surface area contributed by atoms with Crippen molar-refractivity contribution in [1.29, 1.82) is 0 Å². The zero-order chi connectivity index (χ0) is 12.3. The van der Waals surface area contributed by atoms with E-state index in [-0.39, 0.29) is 5.69 Å². The molecule has 0 N–H and O–H groups in total. The number of ether oxygens (including phenoxy) is 1. The quantitative estimate of drug-likeness (QED) is 0.600. The summed E-state index contributed by atoms with van der Waals surface area (Å²) < 4.78 is 5.10. The van der Waals surface area contributed by atoms with Crippen molar-refractivity contribution in [2.75, 3.05) is 7.11 Å². The number of nitro groups is 1. The van der Waals surface area contributed by atoms with Gasteiger partial charge in [-0.1, -0.05) is 12.1 Å². The van der Waals surface area contributed by atoms with Crippen LogP contribution in [-0.4, -0.2) is 17.0 Å². The molecule has 0 radical (unpaired) electrons. The second kappa shape index (κ2) is 4.61. The maximum Gasteiger partial charge on any atom is 0.287 e. The van der Waals surface area contributed by atoms with Gasteiger partial charge in [0.05, 0.1) is 17.7 Å². The van der Waals surface area contributed by atoms with Crippen LogP contribution >= 0.6 is 0 Å². The molecule has 0 bridgehead atoms. The maximum absolute atomic E-state index is 10.5. The third-order valence-corrected chi connectivity index (χ3v) is 2.32. The van der Waals surface area contributed by atoms with Crippen LogP contribution in [0.2, 0.25) is 0 Å². The minimum absolute atomic E-state index is 0.0170. The fourth-order valence-electron chi connectivity index (χ4n) is 1.45. The van der Waals surface area contributed by atoms with Gasteiger partial charge in [0.1, 0.15) is 11.9 Å². The second-order valence-electron chi connectivity index (χ2n) is 3.39. The minimum Gasteiger partial charge on any atom is -0.497 e. The van der Waals surface area contributed by atoms with Gasteiger partial charge in [0, 0.05) is 11.6 Å². The number of aromatic nitrogens is 1. The molecule has 0 spiro atoms. The highest BCUT2D eigenvalue weighted by atomic mass is 16.6. The number of methoxy groups -OCH3 is 1. The van der Waals surface area contributed by atoms with E-state index >= 15 is 0 Å². The van der Waals surface area contributed by atoms with E-state index in [2.05, 4.69) is 4.98 Å². The Kier molecular flexibility index (Phi) is 3.00. The van der Waals surface area contributed by atoms with Crippen molar-refractivity contribution >= 4 is 5.69 Å². The van der Waals surface area contributed by atoms with Gasteiger partial charge in [-0.15, -0.1) is 0 Å². The van der Waals surface area contributed by atoms with Gasteiger partial charge >= 0.3 is 0 Å². The van der Waals surface area contributed by atoms with E-state index in [0.29, 0.717) is 5.69 Å². The summed E-state index contributed by atoms with van der Waals surface area (Å²) >= 11 is 0. The molecule has 1 aromatic carbocycles. The average Bonchev–Trinajstić information content (AvgIpc) is 2.39. The van der Waals surface area contributed by atoms with Crippen LogP contribution in [0.4, 0.5) is 5.69 Å². The molecule has 0 atom stereocenters. The number of hydrogen-bond acceptors (Lipinski definition) is 4. The van der Waals surface area contributed by atoms with Crippen LogP contribution in [0.3, 0.4) is 0 Å². The highest BCUT2D eigenvalue weighted by molar-refractivity contribution is 5.61. The van der Waals surface area contributed by atoms with Gasteiger partial charge in [0.25, 0.3) is 5.69 Å². The van der Waals surface area contributed by atoms with Crippen molar-refractivity contribution in [1.82, 2.24) is 4.98 Å². The van der Waals surface area contributed by atoms with E-state index in [9.17, 15) is 10.1 Å². The number of nitrogens with zero attached hydrogens (tertiary/aromatic N) is 2. The van der Waals surface area contributed by atoms with E-state index in [1.54, 1.807) is 13.2 Å². The SMILES string of the molecule is COc1cccc(-c2ccc([N+](=O)[O-])cn2)c1. The molecule has 86 valence electrons. The van der Waals surface area contributed by atoms with Crippen LogP contribution in [0, 0.1) is 10.1 Å². The highest BCUT2D eigenvalue weighted by Gasteiger charge is 2.06. The Morgan fingerprint density at radius 2 is 2.12 bits per heavy atom. The molecule has 1 heterocycles. The van der Waals surface area contributed by atoms with Gasteiger partial charge in [0.15, 0.2) is 0 Å². The first-order valence-corrected chi connectivity index (χ1v) is 4.95. The van der Waals surface area contributed by atoms with E-state index in [1.807, 2.05) is 24.3 Å². The molecule has 1 aromatic heterocycles. The molecular weight excluding hydrogens is 220 g/mol. The molecule has 5 nitrogen and oxygen atoms in total. The lowest BCUT2D eigenvalue weighted by Crippen LogP contribution is -1.90. The molecule has 17 heavy (non-hydrogen) atoms. The van der Waals surface area contributed by atoms with E-state index in [1.165, 1.54) is 12.3 Å². The van der Waals surface area contributed by atoms with Gasteiger partial charge in [-0.25, -0.2) is 4.98 Å². The summed E-state index contributed by atoms with van der Waals surface area (Å²) in [6.45, 7) is 0. The predicted octanol–water partition coefficient (Wildman–Crippen LogP) is 2.67. The van der Waals surface area contributed by atoms with E-state index in [0.717, 1.165) is 11.3 Å². The summed E-state index contributed by atoms with van der Waals surface area (Å²) in [7, 11) is 1.59. The Hall–Kier alpha value is -2.43. The minimum atomic E-state index is -0.470. The van der Waals surface area contributed by atoms with Gasteiger partial charge < -0.3 is 4.74 Å². The Bertz CT molecular complexity index is 538. The Balaban J connectivity index is 2.36. The normalized spacial score (nSPS) is 9.94. The average molecular weight is 230 g/mol. The first-order chi connectivity index (χ1) is 8.20. The number of pyridine rings is 1. The largest absolute Gasteiger partial charge is 0.497 e. The van der Waals surface area contributed by atoms with Gasteiger partial charge in [-0.2, -0.15) is 0 Å². The lowest BCUT2D eigenvalue weighted by Gasteiger charge is -2.03. The summed E-state index contributed by atoms with van der Waals surface area (Å²) in [4.78, 5) is 14.1. The fraction of sp³-hybridized carbons (Fsp3) is 0.0833. The molecule has 0 aliphatic heterocycles. The third kappa shape index (κ3) is 2.39. The van der Waals surface area contributed by atoms with Crippen LogP contribution < -0.4 is 4.74 Å². The standard InChI is InChI=1S/C12H10N2O3/c1-17-11-4-2-3-9(7-11)12-6-5-10(8-13-12)14(15)16/h2-8H,1H3. The number of rotatable bonds is 3. The smallest absolute Gasteiger partial charge is 0.287 e. The first kappa shape index (κ1) is 11.1. The molecule has 0 aliphatic rings. The molecule has 0 fully saturated rings. The summed E-state index contributed by atoms with van der Waals surface area (Å²) in [5.74, 6) is 0.725. The van der Waals surface area contributed by atoms with Crippen LogP contribution in [0.25, 0.3) is 11.3 Å². The van der Waals surface area contributed by atoms with Crippen LogP contribution in [-0.2, 0) is 0 Å². The molecule has 0 saturated heterocycles. The first-order valence-electron chi connectivity index (χ1n) is 4.95. The monoisotopic (exact) mass is 230 g/mol. The molecule has 0 aliphatic carbocycles. The second-order valence-corrected chi connectivity index (χ2v) is 3.39. The Labute approximate surface area is 97.8 Å². The number of hydrogen-bond donors (Lipinski definition) is 0. The van der Waals surface area contributed by atoms with Gasteiger partial charge in [0.2, 0.25) is 0 Å². The Morgan fingerprint density at radius 3 is 2.71 bits per heavy atom. The van der Waals surface area contributed by atoms with Gasteiger partial charge in [-0.3, -0.25) is 10.1 Å². The molecule has 0 unspecified atom stereocenters. The molecule has 0 saturated carbocycles. The summed E-state index contributed by atoms with van der Waals surface area (Å²) in [6.07, 6.45) is 1.24. The van der Waals surface area contributed by atoms with E-state index in [4.69, 9.17) is 4.74 Å². The van der Waals surface area contributed by atoms with Crippen molar-refractivity contribution in [2.24, 2.45) is 0 Å². The summed E-state index contributed by atoms with van der Waals surface area (Å²) in [5.41, 5.74) is 1.52. The molecule has 2 rings (SSSR count). The maximum atomic E-state index is 10.5. The predicted molar refractivity (Wildman–Crippen MR) is 62.9 cm³/mol. The molecular formula is C12H10N2O3. The van der Waals surface area contributed by atoms with Gasteiger partial charge in [-0.05, 0) is 18.2 Å². The molecule has 0 amide bonds. The summed E-state index contributed by atoms with van der Waals surface area (Å²) in [5, 5.41) is 10.5. The van der Waals surface area contributed by atoms with Crippen molar-refractivity contribution < 1.29 is 9.66 Å². The number of benzene rings is 1. The Morgan fingerprint density at radius 1 is 1.29 bits per heavy atom. The lowest BCUT2D eigenvalue weighted by molar-refractivity contribution is -0.385. The highest BCUT2D eigenvalue weighted by Crippen LogP contribution is 2.23. The molecule has 2 aromatic rings. The zero-order valence-corrected chi connectivity index (χ0v) is 9.16. The topological polar surface area (TPSA) is 65.3 Å².